The average Bonchev–Trinajstić information content (AvgIpc) is 3.21. The van der Waals surface area contributed by atoms with Crippen LogP contribution in [0.5, 0.6) is 17.2 Å². The van der Waals surface area contributed by atoms with Crippen molar-refractivity contribution in [2.24, 2.45) is 0 Å². The molecule has 8 nitrogen and oxygen atoms in total. The van der Waals surface area contributed by atoms with Crippen molar-refractivity contribution in [3.8, 4) is 17.2 Å². The van der Waals surface area contributed by atoms with Crippen LogP contribution in [0.15, 0.2) is 42.5 Å². The molecular formula is C19H18IN5O3. The van der Waals surface area contributed by atoms with E-state index in [0.29, 0.717) is 23.2 Å². The fraction of sp³-hybridized carbons (Fsp3) is 0.211. The molecule has 9 heteroatoms. The van der Waals surface area contributed by atoms with Crippen molar-refractivity contribution in [2.45, 2.75) is 6.04 Å². The molecule has 0 unspecified atom stereocenters. The summed E-state index contributed by atoms with van der Waals surface area (Å²) in [6, 6.07) is 11.7. The van der Waals surface area contributed by atoms with Gasteiger partial charge in [-0.05, 0) is 68.9 Å². The highest BCUT2D eigenvalue weighted by atomic mass is 127. The van der Waals surface area contributed by atoms with Crippen LogP contribution in [0.4, 0.5) is 5.95 Å². The number of nitrogens with one attached hydrogen (secondary N) is 1. The number of nitrogens with zero attached hydrogens (tertiary/aromatic N) is 4. The largest absolute Gasteiger partial charge is 0.493 e. The lowest BCUT2D eigenvalue weighted by Gasteiger charge is -2.25. The van der Waals surface area contributed by atoms with Crippen LogP contribution in [0.3, 0.4) is 0 Å². The van der Waals surface area contributed by atoms with Gasteiger partial charge in [-0.1, -0.05) is 17.2 Å². The number of hydrogen-bond acceptors (Lipinski definition) is 7. The van der Waals surface area contributed by atoms with Gasteiger partial charge < -0.3 is 19.5 Å². The normalized spacial score (nSPS) is 15.3. The minimum absolute atomic E-state index is 0.282. The van der Waals surface area contributed by atoms with Gasteiger partial charge in [0.15, 0.2) is 11.5 Å². The van der Waals surface area contributed by atoms with E-state index in [2.05, 4.69) is 73.8 Å². The van der Waals surface area contributed by atoms with Crippen LogP contribution in [-0.2, 0) is 0 Å². The van der Waals surface area contributed by atoms with Gasteiger partial charge in [0.25, 0.3) is 0 Å². The van der Waals surface area contributed by atoms with Crippen LogP contribution in [0.2, 0.25) is 0 Å². The summed E-state index contributed by atoms with van der Waals surface area (Å²) in [6.45, 7) is 0. The second-order valence-electron chi connectivity index (χ2n) is 6.03. The Kier molecular flexibility index (Phi) is 5.07. The van der Waals surface area contributed by atoms with E-state index in [1.807, 2.05) is 12.1 Å². The van der Waals surface area contributed by atoms with E-state index >= 15 is 0 Å². The number of allylic oxidation sites excluding steroid dienone is 1. The van der Waals surface area contributed by atoms with E-state index in [4.69, 9.17) is 14.2 Å². The Bertz CT molecular complexity index is 1030. The molecule has 0 amide bonds. The molecule has 2 aromatic carbocycles. The third-order valence-corrected chi connectivity index (χ3v) is 5.25. The van der Waals surface area contributed by atoms with Gasteiger partial charge >= 0.3 is 0 Å². The Morgan fingerprint density at radius 2 is 1.71 bits per heavy atom. The van der Waals surface area contributed by atoms with Gasteiger partial charge in [0.1, 0.15) is 6.04 Å². The van der Waals surface area contributed by atoms with Crippen LogP contribution in [0, 0.1) is 3.57 Å². The summed E-state index contributed by atoms with van der Waals surface area (Å²) < 4.78 is 19.5. The molecule has 0 radical (unpaired) electrons. The van der Waals surface area contributed by atoms with Gasteiger partial charge in [-0.3, -0.25) is 0 Å². The monoisotopic (exact) mass is 491 g/mol. The van der Waals surface area contributed by atoms with Crippen molar-refractivity contribution in [1.29, 1.82) is 0 Å². The molecule has 3 aromatic rings. The number of tetrazole rings is 1. The SMILES string of the molecule is COc1ccc([C@@H]2C=C(c3ccc(I)cc3)Nc3nnnn32)c(OC)c1OC. The Morgan fingerprint density at radius 3 is 2.39 bits per heavy atom. The first-order chi connectivity index (χ1) is 13.7. The van der Waals surface area contributed by atoms with Crippen molar-refractivity contribution in [1.82, 2.24) is 20.2 Å². The Hall–Kier alpha value is -2.82. The van der Waals surface area contributed by atoms with E-state index < -0.39 is 0 Å². The van der Waals surface area contributed by atoms with Crippen molar-refractivity contribution in [3.05, 3.63) is 57.2 Å². The number of benzene rings is 2. The fourth-order valence-electron chi connectivity index (χ4n) is 3.23. The van der Waals surface area contributed by atoms with E-state index in [0.717, 1.165) is 16.8 Å². The van der Waals surface area contributed by atoms with Crippen molar-refractivity contribution in [3.63, 3.8) is 0 Å². The molecule has 2 heterocycles. The van der Waals surface area contributed by atoms with Crippen LogP contribution in [-0.4, -0.2) is 41.5 Å². The van der Waals surface area contributed by atoms with Gasteiger partial charge in [0.05, 0.1) is 21.3 Å². The Balaban J connectivity index is 1.87. The summed E-state index contributed by atoms with van der Waals surface area (Å²) >= 11 is 2.29. The highest BCUT2D eigenvalue weighted by Gasteiger charge is 2.29. The summed E-state index contributed by atoms with van der Waals surface area (Å²) in [5.41, 5.74) is 2.82. The first-order valence-corrected chi connectivity index (χ1v) is 9.55. The highest BCUT2D eigenvalue weighted by molar-refractivity contribution is 14.1. The molecule has 0 spiro atoms. The molecular weight excluding hydrogens is 473 g/mol. The maximum Gasteiger partial charge on any atom is 0.248 e. The van der Waals surface area contributed by atoms with Crippen LogP contribution >= 0.6 is 22.6 Å². The van der Waals surface area contributed by atoms with E-state index in [-0.39, 0.29) is 6.04 Å². The molecule has 0 aliphatic carbocycles. The second kappa shape index (κ2) is 7.66. The first kappa shape index (κ1) is 18.5. The Labute approximate surface area is 175 Å². The summed E-state index contributed by atoms with van der Waals surface area (Å²) in [5, 5.41) is 15.4. The molecule has 0 saturated heterocycles. The third kappa shape index (κ3) is 3.15. The van der Waals surface area contributed by atoms with Crippen LogP contribution in [0.1, 0.15) is 17.2 Å². The van der Waals surface area contributed by atoms with Gasteiger partial charge in [-0.25, -0.2) is 0 Å². The summed E-state index contributed by atoms with van der Waals surface area (Å²) in [5.74, 6) is 2.25. The topological polar surface area (TPSA) is 83.3 Å². The molecule has 4 rings (SSSR count). The number of methoxy groups -OCH3 is 3. The van der Waals surface area contributed by atoms with Crippen molar-refractivity contribution in [2.75, 3.05) is 26.6 Å². The lowest BCUT2D eigenvalue weighted by atomic mass is 10.00. The van der Waals surface area contributed by atoms with E-state index in [1.54, 1.807) is 26.0 Å². The number of rotatable bonds is 5. The number of hydrogen-bond donors (Lipinski definition) is 1. The highest BCUT2D eigenvalue weighted by Crippen LogP contribution is 2.44. The lowest BCUT2D eigenvalue weighted by molar-refractivity contribution is 0.320. The summed E-state index contributed by atoms with van der Waals surface area (Å²) in [4.78, 5) is 0. The van der Waals surface area contributed by atoms with Crippen molar-refractivity contribution < 1.29 is 14.2 Å². The average molecular weight is 491 g/mol. The quantitative estimate of drug-likeness (QED) is 0.549. The molecule has 0 saturated carbocycles. The predicted octanol–water partition coefficient (Wildman–Crippen LogP) is 3.36. The minimum Gasteiger partial charge on any atom is -0.493 e. The molecule has 0 bridgehead atoms. The maximum atomic E-state index is 5.67. The number of fused-ring (bicyclic) bond motifs is 1. The number of aromatic nitrogens is 4. The lowest BCUT2D eigenvalue weighted by Crippen LogP contribution is -2.21. The van der Waals surface area contributed by atoms with Crippen molar-refractivity contribution >= 4 is 34.2 Å². The summed E-state index contributed by atoms with van der Waals surface area (Å²) in [7, 11) is 4.78. The van der Waals surface area contributed by atoms with E-state index in [9.17, 15) is 0 Å². The molecule has 144 valence electrons. The third-order valence-electron chi connectivity index (χ3n) is 4.54. The van der Waals surface area contributed by atoms with Gasteiger partial charge in [0.2, 0.25) is 11.7 Å². The molecule has 1 aromatic heterocycles. The maximum absolute atomic E-state index is 5.67. The summed E-state index contributed by atoms with van der Waals surface area (Å²) in [6.07, 6.45) is 2.06. The predicted molar refractivity (Wildman–Crippen MR) is 113 cm³/mol. The van der Waals surface area contributed by atoms with Crippen LogP contribution in [0.25, 0.3) is 5.70 Å². The van der Waals surface area contributed by atoms with Gasteiger partial charge in [0, 0.05) is 14.8 Å². The number of ether oxygens (including phenoxy) is 3. The Morgan fingerprint density at radius 1 is 0.964 bits per heavy atom. The zero-order valence-electron chi connectivity index (χ0n) is 15.5. The molecule has 28 heavy (non-hydrogen) atoms. The van der Waals surface area contributed by atoms with Gasteiger partial charge in [-0.2, -0.15) is 4.68 Å². The molecule has 1 atom stereocenters. The van der Waals surface area contributed by atoms with Crippen LogP contribution < -0.4 is 19.5 Å². The first-order valence-electron chi connectivity index (χ1n) is 8.47. The fourth-order valence-corrected chi connectivity index (χ4v) is 3.59. The zero-order chi connectivity index (χ0) is 19.7. The number of halogens is 1. The van der Waals surface area contributed by atoms with Gasteiger partial charge in [-0.15, -0.1) is 0 Å². The minimum atomic E-state index is -0.282. The second-order valence-corrected chi connectivity index (χ2v) is 7.27. The molecule has 1 aliphatic heterocycles. The molecule has 1 N–H and O–H groups in total. The zero-order valence-corrected chi connectivity index (χ0v) is 17.7. The standard InChI is InChI=1S/C19H18IN5O3/c1-26-16-9-8-13(17(27-2)18(16)28-3)15-10-14(11-4-6-12(20)7-5-11)21-19-22-23-24-25(15)19/h4-10,15H,1-3H3,(H,21,22,24)/t15-/m0/s1. The number of anilines is 1. The smallest absolute Gasteiger partial charge is 0.248 e. The molecule has 1 aliphatic rings. The molecule has 0 fully saturated rings. The van der Waals surface area contributed by atoms with E-state index in [1.165, 1.54) is 3.57 Å².